The molecule has 110 valence electrons. The fourth-order valence-corrected chi connectivity index (χ4v) is 2.51. The van der Waals surface area contributed by atoms with Crippen molar-refractivity contribution in [3.63, 3.8) is 0 Å². The predicted molar refractivity (Wildman–Crippen MR) is 84.4 cm³/mol. The normalized spacial score (nSPS) is 10.2. The number of rotatable bonds is 1. The topological polar surface area (TPSA) is 132 Å². The molecule has 0 radical (unpaired) electrons. The molecule has 3 aromatic rings. The molecule has 0 aliphatic heterocycles. The molecule has 23 heavy (non-hydrogen) atoms. The van der Waals surface area contributed by atoms with Crippen LogP contribution in [0.15, 0.2) is 29.3 Å². The number of H-pyrrole nitrogens is 1. The molecule has 3 rings (SSSR count). The van der Waals surface area contributed by atoms with E-state index in [1.54, 1.807) is 18.2 Å². The minimum atomic E-state index is -0.658. The third kappa shape index (κ3) is 2.26. The second kappa shape index (κ2) is 5.41. The highest BCUT2D eigenvalue weighted by atomic mass is 35.5. The average molecular weight is 323 g/mol. The van der Waals surface area contributed by atoms with Crippen LogP contribution in [0, 0.1) is 22.7 Å². The van der Waals surface area contributed by atoms with E-state index in [0.29, 0.717) is 16.5 Å². The zero-order chi connectivity index (χ0) is 16.6. The first-order valence-corrected chi connectivity index (χ1v) is 6.71. The van der Waals surface area contributed by atoms with Crippen LogP contribution in [-0.2, 0) is 0 Å². The molecule has 0 saturated heterocycles. The second-order valence-electron chi connectivity index (χ2n) is 4.61. The number of hydrogen-bond acceptors (Lipinski definition) is 6. The molecular formula is C15H7ClN6O. The van der Waals surface area contributed by atoms with E-state index in [9.17, 15) is 15.3 Å². The Bertz CT molecular complexity index is 1090. The summed E-state index contributed by atoms with van der Waals surface area (Å²) in [5.41, 5.74) is 6.09. The minimum absolute atomic E-state index is 0.0217. The van der Waals surface area contributed by atoms with E-state index >= 15 is 0 Å². The zero-order valence-corrected chi connectivity index (χ0v) is 12.2. The number of hydrogen-bond donors (Lipinski definition) is 2. The lowest BCUT2D eigenvalue weighted by atomic mass is 9.96. The molecule has 3 N–H and O–H groups in total. The van der Waals surface area contributed by atoms with Gasteiger partial charge >= 0.3 is 0 Å². The molecule has 2 aromatic heterocycles. The molecule has 8 heteroatoms. The number of nitrogen functional groups attached to an aromatic ring is 1. The summed E-state index contributed by atoms with van der Waals surface area (Å²) in [6.07, 6.45) is 1.33. The van der Waals surface area contributed by atoms with Gasteiger partial charge in [0, 0.05) is 10.9 Å². The SMILES string of the molecule is N#Cc1c(N)[nH]c(=O)c(C#N)c1-c1ccc2ncnc(Cl)c2c1. The fourth-order valence-electron chi connectivity index (χ4n) is 2.31. The first-order valence-electron chi connectivity index (χ1n) is 6.33. The number of aromatic nitrogens is 3. The third-order valence-corrected chi connectivity index (χ3v) is 3.64. The van der Waals surface area contributed by atoms with Crippen molar-refractivity contribution in [1.29, 1.82) is 10.5 Å². The Labute approximate surface area is 134 Å². The molecule has 0 unspecified atom stereocenters. The molecule has 0 fully saturated rings. The van der Waals surface area contributed by atoms with Crippen LogP contribution in [0.25, 0.3) is 22.0 Å². The quantitative estimate of drug-likeness (QED) is 0.658. The van der Waals surface area contributed by atoms with Crippen LogP contribution in [0.5, 0.6) is 0 Å². The lowest BCUT2D eigenvalue weighted by Gasteiger charge is -2.09. The number of fused-ring (bicyclic) bond motifs is 1. The minimum Gasteiger partial charge on any atom is -0.384 e. The number of nitrogens with zero attached hydrogens (tertiary/aromatic N) is 4. The maximum Gasteiger partial charge on any atom is 0.268 e. The largest absolute Gasteiger partial charge is 0.384 e. The van der Waals surface area contributed by atoms with Crippen molar-refractivity contribution in [1.82, 2.24) is 15.0 Å². The Hall–Kier alpha value is -3.42. The van der Waals surface area contributed by atoms with Gasteiger partial charge in [-0.05, 0) is 17.7 Å². The van der Waals surface area contributed by atoms with Crippen molar-refractivity contribution < 1.29 is 0 Å². The van der Waals surface area contributed by atoms with Gasteiger partial charge in [-0.3, -0.25) is 4.79 Å². The van der Waals surface area contributed by atoms with Crippen molar-refractivity contribution >= 4 is 28.3 Å². The molecule has 1 aromatic carbocycles. The van der Waals surface area contributed by atoms with Crippen LogP contribution in [-0.4, -0.2) is 15.0 Å². The van der Waals surface area contributed by atoms with E-state index in [2.05, 4.69) is 15.0 Å². The molecule has 2 heterocycles. The van der Waals surface area contributed by atoms with Gasteiger partial charge in [-0.1, -0.05) is 17.7 Å². The van der Waals surface area contributed by atoms with Gasteiger partial charge in [0.25, 0.3) is 5.56 Å². The Morgan fingerprint density at radius 2 is 1.91 bits per heavy atom. The summed E-state index contributed by atoms with van der Waals surface area (Å²) in [6, 6.07) is 8.65. The number of nitrogens with one attached hydrogen (secondary N) is 1. The van der Waals surface area contributed by atoms with Crippen molar-refractivity contribution in [2.24, 2.45) is 0 Å². The van der Waals surface area contributed by atoms with Crippen LogP contribution in [0.3, 0.4) is 0 Å². The molecule has 0 bridgehead atoms. The first-order chi connectivity index (χ1) is 11.1. The summed E-state index contributed by atoms with van der Waals surface area (Å²) in [7, 11) is 0. The van der Waals surface area contributed by atoms with Gasteiger partial charge in [0.1, 0.15) is 40.6 Å². The smallest absolute Gasteiger partial charge is 0.268 e. The fraction of sp³-hybridized carbons (Fsp3) is 0. The van der Waals surface area contributed by atoms with Crippen LogP contribution in [0.4, 0.5) is 5.82 Å². The molecule has 0 saturated carbocycles. The Morgan fingerprint density at radius 3 is 2.61 bits per heavy atom. The van der Waals surface area contributed by atoms with Gasteiger partial charge in [-0.25, -0.2) is 9.97 Å². The van der Waals surface area contributed by atoms with Crippen molar-refractivity contribution in [3.8, 4) is 23.3 Å². The predicted octanol–water partition coefficient (Wildman–Crippen LogP) is 1.96. The Kier molecular flexibility index (Phi) is 3.41. The highest BCUT2D eigenvalue weighted by molar-refractivity contribution is 6.34. The van der Waals surface area contributed by atoms with Crippen LogP contribution in [0.1, 0.15) is 11.1 Å². The van der Waals surface area contributed by atoms with Gasteiger partial charge in [-0.15, -0.1) is 0 Å². The zero-order valence-electron chi connectivity index (χ0n) is 11.5. The Balaban J connectivity index is 2.44. The van der Waals surface area contributed by atoms with Gasteiger partial charge < -0.3 is 10.7 Å². The number of benzene rings is 1. The van der Waals surface area contributed by atoms with Gasteiger partial charge in [0.15, 0.2) is 0 Å². The molecule has 7 nitrogen and oxygen atoms in total. The maximum atomic E-state index is 11.9. The maximum absolute atomic E-state index is 11.9. The van der Waals surface area contributed by atoms with Crippen molar-refractivity contribution in [3.05, 3.63) is 51.2 Å². The third-order valence-electron chi connectivity index (χ3n) is 3.34. The summed E-state index contributed by atoms with van der Waals surface area (Å²) < 4.78 is 0. The van der Waals surface area contributed by atoms with Crippen LogP contribution < -0.4 is 11.3 Å². The highest BCUT2D eigenvalue weighted by Crippen LogP contribution is 2.31. The van der Waals surface area contributed by atoms with Gasteiger partial charge in [0.2, 0.25) is 0 Å². The van der Waals surface area contributed by atoms with Crippen molar-refractivity contribution in [2.75, 3.05) is 5.73 Å². The van der Waals surface area contributed by atoms with Gasteiger partial charge in [0.05, 0.1) is 5.52 Å². The number of nitriles is 2. The van der Waals surface area contributed by atoms with E-state index in [1.165, 1.54) is 6.33 Å². The lowest BCUT2D eigenvalue weighted by molar-refractivity contribution is 1.21. The van der Waals surface area contributed by atoms with E-state index in [0.717, 1.165) is 0 Å². The number of nitrogens with two attached hydrogens (primary N) is 1. The standard InChI is InChI=1S/C15H7ClN6O/c16-13-8-3-7(1-2-11(8)20-6-21-13)12-9(4-17)14(19)22-15(23)10(12)5-18/h1-3,6H,(H3,19,22,23). The first kappa shape index (κ1) is 14.5. The van der Waals surface area contributed by atoms with E-state index in [4.69, 9.17) is 17.3 Å². The van der Waals surface area contributed by atoms with E-state index in [1.807, 2.05) is 12.1 Å². The molecular weight excluding hydrogens is 316 g/mol. The van der Waals surface area contributed by atoms with E-state index < -0.39 is 5.56 Å². The Morgan fingerprint density at radius 1 is 1.17 bits per heavy atom. The second-order valence-corrected chi connectivity index (χ2v) is 4.97. The lowest BCUT2D eigenvalue weighted by Crippen LogP contribution is -2.16. The summed E-state index contributed by atoms with van der Waals surface area (Å²) in [6.45, 7) is 0. The number of pyridine rings is 1. The van der Waals surface area contributed by atoms with Gasteiger partial charge in [-0.2, -0.15) is 10.5 Å². The highest BCUT2D eigenvalue weighted by Gasteiger charge is 2.18. The molecule has 0 amide bonds. The monoisotopic (exact) mass is 322 g/mol. The van der Waals surface area contributed by atoms with E-state index in [-0.39, 0.29) is 27.7 Å². The molecule has 0 atom stereocenters. The van der Waals surface area contributed by atoms with Crippen molar-refractivity contribution in [2.45, 2.75) is 0 Å². The average Bonchev–Trinajstić information content (AvgIpc) is 2.54. The molecule has 0 aliphatic carbocycles. The number of halogens is 1. The number of aromatic amines is 1. The summed E-state index contributed by atoms with van der Waals surface area (Å²) >= 11 is 6.05. The summed E-state index contributed by atoms with van der Waals surface area (Å²) in [5, 5.41) is 19.4. The molecule has 0 aliphatic rings. The van der Waals surface area contributed by atoms with Crippen LogP contribution >= 0.6 is 11.6 Å². The number of anilines is 1. The summed E-state index contributed by atoms with van der Waals surface area (Å²) in [4.78, 5) is 22.2. The molecule has 0 spiro atoms. The van der Waals surface area contributed by atoms with Crippen LogP contribution in [0.2, 0.25) is 5.15 Å². The summed E-state index contributed by atoms with van der Waals surface area (Å²) in [5.74, 6) is -0.0954.